The van der Waals surface area contributed by atoms with Crippen LogP contribution in [0.2, 0.25) is 0 Å². The maximum absolute atomic E-state index is 12.8. The van der Waals surface area contributed by atoms with Crippen LogP contribution >= 0.6 is 11.3 Å². The molecule has 0 aliphatic carbocycles. The minimum atomic E-state index is 0.0447. The first-order valence-corrected chi connectivity index (χ1v) is 10.2. The Kier molecular flexibility index (Phi) is 5.10. The fourth-order valence-electron chi connectivity index (χ4n) is 3.81. The van der Waals surface area contributed by atoms with Crippen molar-refractivity contribution in [2.24, 2.45) is 0 Å². The Morgan fingerprint density at radius 3 is 2.78 bits per heavy atom. The van der Waals surface area contributed by atoms with Crippen LogP contribution in [0.3, 0.4) is 0 Å². The SMILES string of the molecule is Cc1ccc(C)c(NC(=O)CN2CCc3sccc3[C@H]2c2ccccc2)c1. The van der Waals surface area contributed by atoms with Crippen molar-refractivity contribution < 1.29 is 4.79 Å². The van der Waals surface area contributed by atoms with Gasteiger partial charge >= 0.3 is 0 Å². The van der Waals surface area contributed by atoms with Crippen molar-refractivity contribution in [1.82, 2.24) is 4.90 Å². The summed E-state index contributed by atoms with van der Waals surface area (Å²) in [6.45, 7) is 5.36. The molecule has 0 spiro atoms. The van der Waals surface area contributed by atoms with Gasteiger partial charge in [-0.15, -0.1) is 11.3 Å². The number of rotatable bonds is 4. The number of hydrogen-bond donors (Lipinski definition) is 1. The van der Waals surface area contributed by atoms with E-state index in [4.69, 9.17) is 0 Å². The summed E-state index contributed by atoms with van der Waals surface area (Å²) in [6.07, 6.45) is 1.01. The molecule has 2 heterocycles. The van der Waals surface area contributed by atoms with Crippen molar-refractivity contribution in [1.29, 1.82) is 0 Å². The van der Waals surface area contributed by atoms with Crippen LogP contribution in [0.5, 0.6) is 0 Å². The van der Waals surface area contributed by atoms with E-state index in [1.54, 1.807) is 0 Å². The molecule has 3 aromatic rings. The fourth-order valence-corrected chi connectivity index (χ4v) is 4.71. The first-order chi connectivity index (χ1) is 13.1. The number of aryl methyl sites for hydroxylation is 2. The molecule has 1 amide bonds. The second-order valence-electron chi connectivity index (χ2n) is 7.20. The van der Waals surface area contributed by atoms with Crippen LogP contribution in [0.15, 0.2) is 60.0 Å². The molecule has 1 aliphatic rings. The molecule has 2 aromatic carbocycles. The minimum absolute atomic E-state index is 0.0447. The van der Waals surface area contributed by atoms with E-state index in [0.29, 0.717) is 6.54 Å². The van der Waals surface area contributed by atoms with Crippen LogP contribution in [0.1, 0.15) is 33.2 Å². The highest BCUT2D eigenvalue weighted by Crippen LogP contribution is 2.37. The molecule has 1 atom stereocenters. The third kappa shape index (κ3) is 3.82. The Balaban J connectivity index is 1.57. The standard InChI is InChI=1S/C23H24N2OS/c1-16-8-9-17(2)20(14-16)24-22(26)15-25-12-10-21-19(11-13-27-21)23(25)18-6-4-3-5-7-18/h3-9,11,13-14,23H,10,12,15H2,1-2H3,(H,24,26)/t23-/m1/s1. The molecule has 0 bridgehead atoms. The predicted octanol–water partition coefficient (Wildman–Crippen LogP) is 4.95. The number of carbonyl (C=O) groups is 1. The third-order valence-corrected chi connectivity index (χ3v) is 6.19. The maximum atomic E-state index is 12.8. The highest BCUT2D eigenvalue weighted by Gasteiger charge is 2.30. The minimum Gasteiger partial charge on any atom is -0.325 e. The molecule has 1 N–H and O–H groups in total. The summed E-state index contributed by atoms with van der Waals surface area (Å²) in [5.74, 6) is 0.0447. The number of thiophene rings is 1. The molecule has 0 fully saturated rings. The smallest absolute Gasteiger partial charge is 0.238 e. The predicted molar refractivity (Wildman–Crippen MR) is 112 cm³/mol. The zero-order valence-corrected chi connectivity index (χ0v) is 16.6. The van der Waals surface area contributed by atoms with Gasteiger partial charge in [0.1, 0.15) is 0 Å². The van der Waals surface area contributed by atoms with Crippen molar-refractivity contribution in [3.05, 3.63) is 87.1 Å². The quantitative estimate of drug-likeness (QED) is 0.699. The second kappa shape index (κ2) is 7.67. The Morgan fingerprint density at radius 2 is 1.96 bits per heavy atom. The molecule has 0 saturated heterocycles. The first-order valence-electron chi connectivity index (χ1n) is 9.34. The fraction of sp³-hybridized carbons (Fsp3) is 0.261. The van der Waals surface area contributed by atoms with E-state index in [-0.39, 0.29) is 11.9 Å². The van der Waals surface area contributed by atoms with E-state index in [9.17, 15) is 4.79 Å². The Hall–Kier alpha value is -2.43. The van der Waals surface area contributed by atoms with E-state index in [2.05, 4.69) is 58.1 Å². The number of hydrogen-bond acceptors (Lipinski definition) is 3. The Morgan fingerprint density at radius 1 is 1.15 bits per heavy atom. The third-order valence-electron chi connectivity index (χ3n) is 5.19. The molecule has 4 heteroatoms. The van der Waals surface area contributed by atoms with E-state index < -0.39 is 0 Å². The lowest BCUT2D eigenvalue weighted by Crippen LogP contribution is -2.40. The van der Waals surface area contributed by atoms with Gasteiger partial charge in [0.15, 0.2) is 0 Å². The van der Waals surface area contributed by atoms with Crippen LogP contribution < -0.4 is 5.32 Å². The van der Waals surface area contributed by atoms with Gasteiger partial charge in [-0.1, -0.05) is 42.5 Å². The summed E-state index contributed by atoms with van der Waals surface area (Å²) in [5.41, 5.74) is 5.74. The van der Waals surface area contributed by atoms with Crippen molar-refractivity contribution in [2.75, 3.05) is 18.4 Å². The van der Waals surface area contributed by atoms with Gasteiger partial charge in [0, 0.05) is 17.1 Å². The summed E-state index contributed by atoms with van der Waals surface area (Å²) in [5, 5.41) is 5.28. The highest BCUT2D eigenvalue weighted by molar-refractivity contribution is 7.10. The normalized spacial score (nSPS) is 16.7. The summed E-state index contributed by atoms with van der Waals surface area (Å²) in [7, 11) is 0. The molecule has 1 aliphatic heterocycles. The highest BCUT2D eigenvalue weighted by atomic mass is 32.1. The van der Waals surface area contributed by atoms with Crippen molar-refractivity contribution in [2.45, 2.75) is 26.3 Å². The van der Waals surface area contributed by atoms with Gasteiger partial charge in [-0.3, -0.25) is 9.69 Å². The average Bonchev–Trinajstić information content (AvgIpc) is 3.14. The molecule has 1 aromatic heterocycles. The van der Waals surface area contributed by atoms with Crippen LogP contribution in [0.25, 0.3) is 0 Å². The summed E-state index contributed by atoms with van der Waals surface area (Å²) in [6, 6.07) is 19.0. The molecule has 138 valence electrons. The summed E-state index contributed by atoms with van der Waals surface area (Å²) < 4.78 is 0. The molecule has 0 radical (unpaired) electrons. The van der Waals surface area contributed by atoms with Crippen molar-refractivity contribution in [3.63, 3.8) is 0 Å². The lowest BCUT2D eigenvalue weighted by Gasteiger charge is -2.35. The van der Waals surface area contributed by atoms with Gasteiger partial charge in [0.2, 0.25) is 5.91 Å². The van der Waals surface area contributed by atoms with Gasteiger partial charge in [-0.2, -0.15) is 0 Å². The average molecular weight is 377 g/mol. The van der Waals surface area contributed by atoms with Gasteiger partial charge in [0.05, 0.1) is 12.6 Å². The molecular formula is C23H24N2OS. The molecule has 27 heavy (non-hydrogen) atoms. The molecule has 4 rings (SSSR count). The molecule has 0 unspecified atom stereocenters. The number of benzene rings is 2. The van der Waals surface area contributed by atoms with Crippen molar-refractivity contribution in [3.8, 4) is 0 Å². The van der Waals surface area contributed by atoms with E-state index in [0.717, 1.165) is 29.8 Å². The van der Waals surface area contributed by atoms with E-state index in [1.165, 1.54) is 16.0 Å². The zero-order chi connectivity index (χ0) is 18.8. The largest absolute Gasteiger partial charge is 0.325 e. The molecule has 0 saturated carbocycles. The van der Waals surface area contributed by atoms with Crippen LogP contribution in [0.4, 0.5) is 5.69 Å². The number of fused-ring (bicyclic) bond motifs is 1. The summed E-state index contributed by atoms with van der Waals surface area (Å²) in [4.78, 5) is 16.6. The second-order valence-corrected chi connectivity index (χ2v) is 8.20. The van der Waals surface area contributed by atoms with E-state index >= 15 is 0 Å². The number of nitrogens with one attached hydrogen (secondary N) is 1. The van der Waals surface area contributed by atoms with Crippen molar-refractivity contribution >= 4 is 22.9 Å². The van der Waals surface area contributed by atoms with Gasteiger partial charge < -0.3 is 5.32 Å². The van der Waals surface area contributed by atoms with Crippen LogP contribution in [0, 0.1) is 13.8 Å². The van der Waals surface area contributed by atoms with Gasteiger partial charge in [-0.25, -0.2) is 0 Å². The zero-order valence-electron chi connectivity index (χ0n) is 15.7. The lowest BCUT2D eigenvalue weighted by molar-refractivity contribution is -0.117. The number of amides is 1. The maximum Gasteiger partial charge on any atom is 0.238 e. The van der Waals surface area contributed by atoms with E-state index in [1.807, 2.05) is 37.3 Å². The van der Waals surface area contributed by atoms with Crippen LogP contribution in [-0.2, 0) is 11.2 Å². The first kappa shape index (κ1) is 18.0. The van der Waals surface area contributed by atoms with Gasteiger partial charge in [0.25, 0.3) is 0 Å². The van der Waals surface area contributed by atoms with Gasteiger partial charge in [-0.05, 0) is 60.0 Å². The topological polar surface area (TPSA) is 32.3 Å². The lowest BCUT2D eigenvalue weighted by atomic mass is 9.93. The summed E-state index contributed by atoms with van der Waals surface area (Å²) >= 11 is 1.82. The number of anilines is 1. The van der Waals surface area contributed by atoms with Crippen LogP contribution in [-0.4, -0.2) is 23.9 Å². The molecular weight excluding hydrogens is 352 g/mol. The number of nitrogens with zero attached hydrogens (tertiary/aromatic N) is 1. The molecule has 3 nitrogen and oxygen atoms in total. The number of carbonyl (C=O) groups excluding carboxylic acids is 1. The Labute approximate surface area is 164 Å². The Bertz CT molecular complexity index is 948. The monoisotopic (exact) mass is 376 g/mol.